The molecule has 0 unspecified atom stereocenters. The Balaban J connectivity index is 1.64. The summed E-state index contributed by atoms with van der Waals surface area (Å²) in [5, 5.41) is 11.0. The average molecular weight is 408 g/mol. The minimum atomic E-state index is -0.312. The maximum atomic E-state index is 13.9. The van der Waals surface area contributed by atoms with Gasteiger partial charge in [0.15, 0.2) is 0 Å². The first-order valence-corrected chi connectivity index (χ1v) is 10.1. The third kappa shape index (κ3) is 4.52. The summed E-state index contributed by atoms with van der Waals surface area (Å²) in [5.74, 6) is 0.480. The summed E-state index contributed by atoms with van der Waals surface area (Å²) >= 11 is 0. The lowest BCUT2D eigenvalue weighted by Crippen LogP contribution is -2.42. The van der Waals surface area contributed by atoms with Gasteiger partial charge in [-0.2, -0.15) is 5.10 Å². The van der Waals surface area contributed by atoms with E-state index in [9.17, 15) is 9.18 Å². The molecule has 2 heterocycles. The van der Waals surface area contributed by atoms with E-state index in [-0.39, 0.29) is 17.8 Å². The monoisotopic (exact) mass is 408 g/mol. The Bertz CT molecular complexity index is 1020. The molecular weight excluding hydrogens is 383 g/mol. The van der Waals surface area contributed by atoms with Crippen molar-refractivity contribution in [2.24, 2.45) is 0 Å². The average Bonchev–Trinajstić information content (AvgIpc) is 3.09. The summed E-state index contributed by atoms with van der Waals surface area (Å²) in [5.41, 5.74) is 3.15. The van der Waals surface area contributed by atoms with Gasteiger partial charge in [0.2, 0.25) is 5.91 Å². The van der Waals surface area contributed by atoms with E-state index < -0.39 is 0 Å². The van der Waals surface area contributed by atoms with Crippen LogP contribution in [0.25, 0.3) is 16.9 Å². The van der Waals surface area contributed by atoms with Crippen LogP contribution in [-0.2, 0) is 11.3 Å². The minimum Gasteiger partial charge on any atom is -0.497 e. The SMILES string of the molecule is COc1ccc(-n2cc(CN[C@H]3CCCCNC3=O)c(-c3cccc(F)c3)n2)cc1. The van der Waals surface area contributed by atoms with Gasteiger partial charge in [0.1, 0.15) is 11.6 Å². The lowest BCUT2D eigenvalue weighted by atomic mass is 10.1. The fraction of sp³-hybridized carbons (Fsp3) is 0.304. The number of aromatic nitrogens is 2. The second-order valence-electron chi connectivity index (χ2n) is 7.38. The Morgan fingerprint density at radius 3 is 2.83 bits per heavy atom. The lowest BCUT2D eigenvalue weighted by Gasteiger charge is -2.15. The highest BCUT2D eigenvalue weighted by Gasteiger charge is 2.21. The van der Waals surface area contributed by atoms with Crippen molar-refractivity contribution in [2.45, 2.75) is 31.8 Å². The van der Waals surface area contributed by atoms with Gasteiger partial charge in [-0.25, -0.2) is 9.07 Å². The molecule has 1 saturated heterocycles. The number of benzene rings is 2. The van der Waals surface area contributed by atoms with E-state index in [0.29, 0.717) is 17.8 Å². The maximum absolute atomic E-state index is 13.9. The molecular formula is C23H25FN4O2. The van der Waals surface area contributed by atoms with E-state index in [1.807, 2.05) is 36.5 Å². The molecule has 0 saturated carbocycles. The summed E-state index contributed by atoms with van der Waals surface area (Å²) < 4.78 is 20.8. The summed E-state index contributed by atoms with van der Waals surface area (Å²) in [4.78, 5) is 12.3. The van der Waals surface area contributed by atoms with Gasteiger partial charge in [-0.3, -0.25) is 4.79 Å². The zero-order chi connectivity index (χ0) is 20.9. The van der Waals surface area contributed by atoms with Crippen LogP contribution in [-0.4, -0.2) is 35.4 Å². The van der Waals surface area contributed by atoms with Crippen molar-refractivity contribution in [3.8, 4) is 22.7 Å². The van der Waals surface area contributed by atoms with Crippen LogP contribution in [0.5, 0.6) is 5.75 Å². The van der Waals surface area contributed by atoms with Crippen molar-refractivity contribution >= 4 is 5.91 Å². The van der Waals surface area contributed by atoms with Crippen LogP contribution in [0.4, 0.5) is 4.39 Å². The van der Waals surface area contributed by atoms with Gasteiger partial charge < -0.3 is 15.4 Å². The highest BCUT2D eigenvalue weighted by atomic mass is 19.1. The third-order valence-electron chi connectivity index (χ3n) is 5.30. The van der Waals surface area contributed by atoms with Gasteiger partial charge in [-0.1, -0.05) is 12.1 Å². The lowest BCUT2D eigenvalue weighted by molar-refractivity contribution is -0.122. The fourth-order valence-electron chi connectivity index (χ4n) is 3.65. The van der Waals surface area contributed by atoms with E-state index >= 15 is 0 Å². The number of hydrogen-bond donors (Lipinski definition) is 2. The van der Waals surface area contributed by atoms with Crippen molar-refractivity contribution < 1.29 is 13.9 Å². The topological polar surface area (TPSA) is 68.2 Å². The molecule has 156 valence electrons. The number of ether oxygens (including phenoxy) is 1. The van der Waals surface area contributed by atoms with E-state index in [4.69, 9.17) is 9.84 Å². The first kappa shape index (κ1) is 20.1. The van der Waals surface area contributed by atoms with Crippen LogP contribution < -0.4 is 15.4 Å². The second kappa shape index (κ2) is 9.09. The smallest absolute Gasteiger partial charge is 0.237 e. The molecule has 3 aromatic rings. The second-order valence-corrected chi connectivity index (χ2v) is 7.38. The van der Waals surface area contributed by atoms with Gasteiger partial charge in [0, 0.05) is 30.4 Å². The highest BCUT2D eigenvalue weighted by molar-refractivity contribution is 5.81. The van der Waals surface area contributed by atoms with Crippen molar-refractivity contribution in [3.63, 3.8) is 0 Å². The maximum Gasteiger partial charge on any atom is 0.237 e. The highest BCUT2D eigenvalue weighted by Crippen LogP contribution is 2.25. The quantitative estimate of drug-likeness (QED) is 0.656. The van der Waals surface area contributed by atoms with Gasteiger partial charge in [0.05, 0.1) is 24.5 Å². The van der Waals surface area contributed by atoms with E-state index in [0.717, 1.165) is 42.8 Å². The van der Waals surface area contributed by atoms with E-state index in [1.165, 1.54) is 12.1 Å². The van der Waals surface area contributed by atoms with Crippen molar-refractivity contribution in [3.05, 3.63) is 66.1 Å². The number of nitrogens with one attached hydrogen (secondary N) is 2. The predicted molar refractivity (Wildman–Crippen MR) is 113 cm³/mol. The van der Waals surface area contributed by atoms with Crippen LogP contribution >= 0.6 is 0 Å². The molecule has 4 rings (SSSR count). The fourth-order valence-corrected chi connectivity index (χ4v) is 3.65. The standard InChI is InChI=1S/C23H25FN4O2/c1-30-20-10-8-19(9-11-20)28-15-17(14-26-21-7-2-3-12-25-23(21)29)22(27-28)16-5-4-6-18(24)13-16/h4-6,8-11,13,15,21,26H,2-3,7,12,14H2,1H3,(H,25,29)/t21-/m0/s1. The normalized spacial score (nSPS) is 16.7. The number of rotatable bonds is 6. The molecule has 1 atom stereocenters. The van der Waals surface area contributed by atoms with Gasteiger partial charge in [-0.05, 0) is 55.7 Å². The summed E-state index contributed by atoms with van der Waals surface area (Å²) in [6.45, 7) is 1.18. The number of nitrogens with zero attached hydrogens (tertiary/aromatic N) is 2. The predicted octanol–water partition coefficient (Wildman–Crippen LogP) is 3.45. The zero-order valence-electron chi connectivity index (χ0n) is 16.9. The third-order valence-corrected chi connectivity index (χ3v) is 5.30. The largest absolute Gasteiger partial charge is 0.497 e. The molecule has 1 aliphatic rings. The first-order chi connectivity index (χ1) is 14.6. The Hall–Kier alpha value is -3.19. The molecule has 0 spiro atoms. The van der Waals surface area contributed by atoms with Crippen molar-refractivity contribution in [1.29, 1.82) is 0 Å². The first-order valence-electron chi connectivity index (χ1n) is 10.1. The molecule has 0 bridgehead atoms. The van der Waals surface area contributed by atoms with E-state index in [1.54, 1.807) is 17.9 Å². The molecule has 1 aliphatic heterocycles. The summed E-state index contributed by atoms with van der Waals surface area (Å²) in [7, 11) is 1.62. The van der Waals surface area contributed by atoms with Crippen LogP contribution in [0.15, 0.2) is 54.7 Å². The molecule has 1 aromatic heterocycles. The molecule has 1 amide bonds. The van der Waals surface area contributed by atoms with Crippen LogP contribution in [0, 0.1) is 5.82 Å². The Morgan fingerprint density at radius 1 is 1.23 bits per heavy atom. The van der Waals surface area contributed by atoms with Crippen molar-refractivity contribution in [1.82, 2.24) is 20.4 Å². The molecule has 2 N–H and O–H groups in total. The van der Waals surface area contributed by atoms with Crippen LogP contribution in [0.3, 0.4) is 0 Å². The number of methoxy groups -OCH3 is 1. The van der Waals surface area contributed by atoms with Crippen molar-refractivity contribution in [2.75, 3.05) is 13.7 Å². The minimum absolute atomic E-state index is 0.0300. The number of halogens is 1. The summed E-state index contributed by atoms with van der Waals surface area (Å²) in [6.07, 6.45) is 4.71. The van der Waals surface area contributed by atoms with Gasteiger partial charge >= 0.3 is 0 Å². The Kier molecular flexibility index (Phi) is 6.09. The van der Waals surface area contributed by atoms with E-state index in [2.05, 4.69) is 10.6 Å². The molecule has 0 aliphatic carbocycles. The molecule has 6 nitrogen and oxygen atoms in total. The van der Waals surface area contributed by atoms with Gasteiger partial charge in [-0.15, -0.1) is 0 Å². The summed E-state index contributed by atoms with van der Waals surface area (Å²) in [6, 6.07) is 13.7. The molecule has 30 heavy (non-hydrogen) atoms. The van der Waals surface area contributed by atoms with Crippen LogP contribution in [0.2, 0.25) is 0 Å². The Morgan fingerprint density at radius 2 is 2.07 bits per heavy atom. The molecule has 1 fully saturated rings. The molecule has 0 radical (unpaired) electrons. The molecule has 7 heteroatoms. The number of carbonyl (C=O) groups excluding carboxylic acids is 1. The zero-order valence-corrected chi connectivity index (χ0v) is 16.9. The number of carbonyl (C=O) groups is 1. The molecule has 2 aromatic carbocycles. The Labute approximate surface area is 175 Å². The number of hydrogen-bond acceptors (Lipinski definition) is 4. The van der Waals surface area contributed by atoms with Gasteiger partial charge in [0.25, 0.3) is 0 Å². The van der Waals surface area contributed by atoms with Crippen LogP contribution in [0.1, 0.15) is 24.8 Å². The number of amides is 1.